The summed E-state index contributed by atoms with van der Waals surface area (Å²) in [5.74, 6) is -0.390. The van der Waals surface area contributed by atoms with Gasteiger partial charge in [0, 0.05) is 11.3 Å². The highest BCUT2D eigenvalue weighted by atomic mass is 16.3. The maximum absolute atomic E-state index is 12.4. The molecule has 19 heavy (non-hydrogen) atoms. The van der Waals surface area contributed by atoms with Gasteiger partial charge in [-0.05, 0) is 36.8 Å². The average Bonchev–Trinajstić information content (AvgIpc) is 2.22. The van der Waals surface area contributed by atoms with Gasteiger partial charge >= 0.3 is 0 Å². The van der Waals surface area contributed by atoms with Crippen LogP contribution in [0.3, 0.4) is 0 Å². The van der Waals surface area contributed by atoms with E-state index >= 15 is 0 Å². The number of aliphatic hydroxyl groups excluding tert-OH is 2. The van der Waals surface area contributed by atoms with Gasteiger partial charge < -0.3 is 15.3 Å². The summed E-state index contributed by atoms with van der Waals surface area (Å²) >= 11 is 0. The number of rotatable bonds is 1. The predicted molar refractivity (Wildman–Crippen MR) is 71.4 cm³/mol. The largest absolute Gasteiger partial charge is 0.393 e. The molecule has 0 saturated heterocycles. The van der Waals surface area contributed by atoms with E-state index in [1.54, 1.807) is 6.92 Å². The van der Waals surface area contributed by atoms with Gasteiger partial charge in [0.1, 0.15) is 5.60 Å². The van der Waals surface area contributed by atoms with Crippen molar-refractivity contribution in [3.63, 3.8) is 0 Å². The fourth-order valence-corrected chi connectivity index (χ4v) is 4.55. The van der Waals surface area contributed by atoms with Crippen molar-refractivity contribution in [1.29, 1.82) is 0 Å². The molecule has 0 aromatic heterocycles. The molecule has 0 aromatic rings. The van der Waals surface area contributed by atoms with Gasteiger partial charge in [-0.1, -0.05) is 20.8 Å². The van der Waals surface area contributed by atoms with Crippen LogP contribution in [0.2, 0.25) is 0 Å². The molecule has 0 unspecified atom stereocenters. The van der Waals surface area contributed by atoms with Gasteiger partial charge in [-0.3, -0.25) is 4.79 Å². The standard InChI is InChI=1S/C15H24O4/c1-9-5-11(18)12-13(2,3)6-10(17)7-14(12,4)15(9,19)8-16/h5,10,12,16-17,19H,6-8H2,1-4H3/t10-,12+,14-,15-/m1/s1. The monoisotopic (exact) mass is 268 g/mol. The molecule has 2 rings (SSSR count). The lowest BCUT2D eigenvalue weighted by Gasteiger charge is -2.59. The van der Waals surface area contributed by atoms with Gasteiger partial charge in [-0.2, -0.15) is 0 Å². The number of fused-ring (bicyclic) bond motifs is 1. The quantitative estimate of drug-likeness (QED) is 0.664. The van der Waals surface area contributed by atoms with Gasteiger partial charge in [-0.15, -0.1) is 0 Å². The van der Waals surface area contributed by atoms with E-state index in [1.807, 2.05) is 20.8 Å². The van der Waals surface area contributed by atoms with Crippen LogP contribution in [0.1, 0.15) is 40.5 Å². The predicted octanol–water partition coefficient (Wildman–Crippen LogP) is 1.04. The normalized spacial score (nSPS) is 45.6. The summed E-state index contributed by atoms with van der Waals surface area (Å²) in [6.07, 6.45) is 1.76. The van der Waals surface area contributed by atoms with Gasteiger partial charge in [0.05, 0.1) is 12.7 Å². The summed E-state index contributed by atoms with van der Waals surface area (Å²) in [4.78, 5) is 12.4. The van der Waals surface area contributed by atoms with Crippen molar-refractivity contribution in [3.05, 3.63) is 11.6 Å². The van der Waals surface area contributed by atoms with Crippen LogP contribution in [0.25, 0.3) is 0 Å². The second-order valence-electron chi connectivity index (χ2n) is 7.15. The fraction of sp³-hybridized carbons (Fsp3) is 0.800. The Bertz CT molecular complexity index is 439. The molecule has 0 radical (unpaired) electrons. The van der Waals surface area contributed by atoms with Crippen molar-refractivity contribution in [2.45, 2.75) is 52.2 Å². The maximum atomic E-state index is 12.4. The summed E-state index contributed by atoms with van der Waals surface area (Å²) < 4.78 is 0. The Morgan fingerprint density at radius 2 is 1.89 bits per heavy atom. The molecule has 108 valence electrons. The highest BCUT2D eigenvalue weighted by molar-refractivity contribution is 5.95. The Morgan fingerprint density at radius 3 is 2.42 bits per heavy atom. The molecule has 2 aliphatic carbocycles. The third-order valence-electron chi connectivity index (χ3n) is 5.31. The number of allylic oxidation sites excluding steroid dienone is 1. The fourth-order valence-electron chi connectivity index (χ4n) is 4.55. The van der Waals surface area contributed by atoms with Crippen molar-refractivity contribution in [2.24, 2.45) is 16.7 Å². The lowest BCUT2D eigenvalue weighted by molar-refractivity contribution is -0.186. The van der Waals surface area contributed by atoms with Gasteiger partial charge in [0.15, 0.2) is 5.78 Å². The molecule has 1 saturated carbocycles. The van der Waals surface area contributed by atoms with E-state index in [0.29, 0.717) is 18.4 Å². The highest BCUT2D eigenvalue weighted by Gasteiger charge is 2.63. The summed E-state index contributed by atoms with van der Waals surface area (Å²) in [6, 6.07) is 0. The molecular formula is C15H24O4. The molecule has 4 atom stereocenters. The first kappa shape index (κ1) is 14.7. The minimum absolute atomic E-state index is 0.00461. The summed E-state index contributed by atoms with van der Waals surface area (Å²) in [5.41, 5.74) is -2.18. The lowest BCUT2D eigenvalue weighted by Crippen LogP contribution is -2.65. The van der Waals surface area contributed by atoms with Crippen LogP contribution < -0.4 is 0 Å². The van der Waals surface area contributed by atoms with Crippen molar-refractivity contribution in [1.82, 2.24) is 0 Å². The molecule has 2 aliphatic rings. The van der Waals surface area contributed by atoms with Crippen LogP contribution in [0.4, 0.5) is 0 Å². The molecule has 0 heterocycles. The number of ketones is 1. The number of hydrogen-bond donors (Lipinski definition) is 3. The second kappa shape index (κ2) is 4.14. The maximum Gasteiger partial charge on any atom is 0.160 e. The third kappa shape index (κ3) is 1.81. The first-order chi connectivity index (χ1) is 8.58. The zero-order valence-electron chi connectivity index (χ0n) is 12.1. The third-order valence-corrected chi connectivity index (χ3v) is 5.31. The summed E-state index contributed by atoms with van der Waals surface area (Å²) in [7, 11) is 0. The zero-order chi connectivity index (χ0) is 14.6. The van der Waals surface area contributed by atoms with Gasteiger partial charge in [0.25, 0.3) is 0 Å². The molecule has 1 fully saturated rings. The van der Waals surface area contributed by atoms with Crippen molar-refractivity contribution >= 4 is 5.78 Å². The summed E-state index contributed by atoms with van der Waals surface area (Å²) in [5, 5.41) is 30.7. The van der Waals surface area contributed by atoms with Gasteiger partial charge in [0.2, 0.25) is 0 Å². The van der Waals surface area contributed by atoms with Crippen LogP contribution in [0.5, 0.6) is 0 Å². The lowest BCUT2D eigenvalue weighted by atomic mass is 9.46. The molecule has 0 amide bonds. The highest BCUT2D eigenvalue weighted by Crippen LogP contribution is 2.59. The van der Waals surface area contributed by atoms with Crippen molar-refractivity contribution in [2.75, 3.05) is 6.61 Å². The number of hydrogen-bond acceptors (Lipinski definition) is 4. The van der Waals surface area contributed by atoms with E-state index in [4.69, 9.17) is 0 Å². The molecule has 0 aliphatic heterocycles. The van der Waals surface area contributed by atoms with E-state index < -0.39 is 29.1 Å². The van der Waals surface area contributed by atoms with Crippen molar-refractivity contribution in [3.8, 4) is 0 Å². The van der Waals surface area contributed by atoms with E-state index in [2.05, 4.69) is 0 Å². The molecule has 0 bridgehead atoms. The van der Waals surface area contributed by atoms with Gasteiger partial charge in [-0.25, -0.2) is 0 Å². The van der Waals surface area contributed by atoms with E-state index in [0.717, 1.165) is 0 Å². The van der Waals surface area contributed by atoms with E-state index in [-0.39, 0.29) is 11.7 Å². The van der Waals surface area contributed by atoms with E-state index in [1.165, 1.54) is 6.08 Å². The van der Waals surface area contributed by atoms with Crippen LogP contribution in [0.15, 0.2) is 11.6 Å². The molecular weight excluding hydrogens is 244 g/mol. The SMILES string of the molecule is CC1=CC(=O)[C@H]2C(C)(C)C[C@@H](O)C[C@@]2(C)[C@@]1(O)CO. The number of carbonyl (C=O) groups is 1. The van der Waals surface area contributed by atoms with Crippen LogP contribution >= 0.6 is 0 Å². The first-order valence-electron chi connectivity index (χ1n) is 6.82. The van der Waals surface area contributed by atoms with Crippen LogP contribution in [-0.4, -0.2) is 39.4 Å². The zero-order valence-corrected chi connectivity index (χ0v) is 12.1. The molecule has 3 N–H and O–H groups in total. The Morgan fingerprint density at radius 1 is 1.32 bits per heavy atom. The number of aliphatic hydroxyl groups is 3. The number of carbonyl (C=O) groups excluding carboxylic acids is 1. The second-order valence-corrected chi connectivity index (χ2v) is 7.15. The Hall–Kier alpha value is -0.710. The van der Waals surface area contributed by atoms with E-state index in [9.17, 15) is 20.1 Å². The molecule has 0 spiro atoms. The Balaban J connectivity index is 2.64. The molecule has 0 aromatic carbocycles. The summed E-state index contributed by atoms with van der Waals surface area (Å²) in [6.45, 7) is 6.94. The topological polar surface area (TPSA) is 77.8 Å². The van der Waals surface area contributed by atoms with Crippen LogP contribution in [-0.2, 0) is 4.79 Å². The Kier molecular flexibility index (Phi) is 3.20. The first-order valence-corrected chi connectivity index (χ1v) is 6.82. The Labute approximate surface area is 114 Å². The average molecular weight is 268 g/mol. The minimum Gasteiger partial charge on any atom is -0.393 e. The molecule has 4 heteroatoms. The smallest absolute Gasteiger partial charge is 0.160 e. The molecule has 4 nitrogen and oxygen atoms in total. The van der Waals surface area contributed by atoms with Crippen LogP contribution in [0, 0.1) is 16.7 Å². The minimum atomic E-state index is -1.44. The van der Waals surface area contributed by atoms with Crippen molar-refractivity contribution < 1.29 is 20.1 Å².